The van der Waals surface area contributed by atoms with E-state index < -0.39 is 5.54 Å². The summed E-state index contributed by atoms with van der Waals surface area (Å²) in [5, 5.41) is 14.7. The fourth-order valence-electron chi connectivity index (χ4n) is 6.09. The molecule has 0 spiro atoms. The second kappa shape index (κ2) is 15.0. The lowest BCUT2D eigenvalue weighted by molar-refractivity contribution is -0.124. The first kappa shape index (κ1) is 33.3. The molecule has 12 heteroatoms. The minimum absolute atomic E-state index is 0.0457. The summed E-state index contributed by atoms with van der Waals surface area (Å²) >= 11 is 0. The van der Waals surface area contributed by atoms with Gasteiger partial charge in [-0.15, -0.1) is 0 Å². The number of hydrogen-bond donors (Lipinski definition) is 3. The molecule has 46 heavy (non-hydrogen) atoms. The highest BCUT2D eigenvalue weighted by Crippen LogP contribution is 2.30. The largest absolute Gasteiger partial charge is 0.460 e. The second-order valence-electron chi connectivity index (χ2n) is 13.1. The summed E-state index contributed by atoms with van der Waals surface area (Å²) in [6.45, 7) is 7.13. The summed E-state index contributed by atoms with van der Waals surface area (Å²) in [6, 6.07) is 8.21. The lowest BCUT2D eigenvalue weighted by Gasteiger charge is -2.36. The van der Waals surface area contributed by atoms with Gasteiger partial charge in [-0.1, -0.05) is 51.3 Å². The zero-order valence-corrected chi connectivity index (χ0v) is 27.9. The number of aromatic nitrogens is 4. The zero-order valence-electron chi connectivity index (χ0n) is 27.9. The van der Waals surface area contributed by atoms with E-state index in [-0.39, 0.29) is 23.8 Å². The fourth-order valence-corrected chi connectivity index (χ4v) is 6.09. The standard InChI is InChI=1S/C34H49N9O3/c1-24(2)28-23-37-43-30(28)39-33(46-27-14-19-42(5)20-15-27)40-32(43)35-22-25-11-9-12-26(21-25)38-31(45)34(16-7-6-8-17-34)36-18-10-13-29(44)41(3)4/h9-13,21,23-24,27,36H,6-8,14-20,22H2,1-5H3,(H,38,45)(H,35,39,40)/b13-10+. The fraction of sp³-hybridized carbons (Fsp3) is 0.559. The number of anilines is 2. The van der Waals surface area contributed by atoms with Crippen molar-refractivity contribution in [2.24, 2.45) is 0 Å². The van der Waals surface area contributed by atoms with E-state index in [0.717, 1.165) is 80.5 Å². The highest BCUT2D eigenvalue weighted by atomic mass is 16.5. The lowest BCUT2D eigenvalue weighted by atomic mass is 9.80. The van der Waals surface area contributed by atoms with Gasteiger partial charge in [0.25, 0.3) is 0 Å². The number of carbonyl (C=O) groups is 2. The Balaban J connectivity index is 1.28. The van der Waals surface area contributed by atoms with E-state index in [2.05, 4.69) is 46.8 Å². The Morgan fingerprint density at radius 3 is 2.61 bits per heavy atom. The van der Waals surface area contributed by atoms with Gasteiger partial charge < -0.3 is 25.2 Å². The number of piperidine rings is 1. The van der Waals surface area contributed by atoms with Gasteiger partial charge in [-0.2, -0.15) is 19.6 Å². The van der Waals surface area contributed by atoms with Crippen molar-refractivity contribution >= 4 is 29.1 Å². The molecule has 5 rings (SSSR count). The molecule has 1 aromatic carbocycles. The van der Waals surface area contributed by atoms with Crippen LogP contribution in [-0.4, -0.2) is 93.6 Å². The van der Waals surface area contributed by atoms with Crippen molar-refractivity contribution in [3.8, 4) is 6.01 Å². The van der Waals surface area contributed by atoms with Crippen molar-refractivity contribution < 1.29 is 14.3 Å². The molecule has 1 saturated heterocycles. The normalized spacial score (nSPS) is 17.4. The maximum Gasteiger partial charge on any atom is 0.322 e. The number of nitrogens with zero attached hydrogens (tertiary/aromatic N) is 6. The SMILES string of the molecule is CC(C)c1cnn2c(NCc3cccc(NC(=O)C4(NC/C=C/C(=O)N(C)C)CCCCC4)c3)nc(OC3CCN(C)CC3)nc12. The van der Waals surface area contributed by atoms with Crippen molar-refractivity contribution in [2.45, 2.75) is 82.9 Å². The number of benzene rings is 1. The van der Waals surface area contributed by atoms with Crippen LogP contribution in [0.25, 0.3) is 5.65 Å². The molecule has 248 valence electrons. The summed E-state index contributed by atoms with van der Waals surface area (Å²) in [5.41, 5.74) is 2.81. The van der Waals surface area contributed by atoms with E-state index in [0.29, 0.717) is 25.0 Å². The van der Waals surface area contributed by atoms with Crippen LogP contribution in [0.3, 0.4) is 0 Å². The van der Waals surface area contributed by atoms with E-state index in [1.807, 2.05) is 30.5 Å². The predicted molar refractivity (Wildman–Crippen MR) is 180 cm³/mol. The summed E-state index contributed by atoms with van der Waals surface area (Å²) < 4.78 is 8.03. The van der Waals surface area contributed by atoms with Gasteiger partial charge in [0.1, 0.15) is 6.10 Å². The quantitative estimate of drug-likeness (QED) is 0.252. The Morgan fingerprint density at radius 2 is 1.89 bits per heavy atom. The van der Waals surface area contributed by atoms with E-state index in [4.69, 9.17) is 14.7 Å². The smallest absolute Gasteiger partial charge is 0.322 e. The van der Waals surface area contributed by atoms with Gasteiger partial charge in [0, 0.05) is 57.6 Å². The van der Waals surface area contributed by atoms with Crippen molar-refractivity contribution in [3.63, 3.8) is 0 Å². The Bertz CT molecular complexity index is 1520. The van der Waals surface area contributed by atoms with E-state index in [9.17, 15) is 9.59 Å². The van der Waals surface area contributed by atoms with Crippen LogP contribution in [0.15, 0.2) is 42.6 Å². The van der Waals surface area contributed by atoms with Gasteiger partial charge in [-0.25, -0.2) is 0 Å². The molecule has 3 heterocycles. The van der Waals surface area contributed by atoms with Crippen molar-refractivity contribution in [3.05, 3.63) is 53.7 Å². The third kappa shape index (κ3) is 8.21. The number of fused-ring (bicyclic) bond motifs is 1. The van der Waals surface area contributed by atoms with Gasteiger partial charge in [-0.3, -0.25) is 14.9 Å². The molecule has 2 aromatic heterocycles. The minimum atomic E-state index is -0.678. The lowest BCUT2D eigenvalue weighted by Crippen LogP contribution is -2.55. The van der Waals surface area contributed by atoms with E-state index in [1.165, 1.54) is 4.90 Å². The first-order chi connectivity index (χ1) is 22.1. The number of amides is 2. The van der Waals surface area contributed by atoms with Crippen LogP contribution in [0.1, 0.15) is 75.8 Å². The monoisotopic (exact) mass is 631 g/mol. The summed E-state index contributed by atoms with van der Waals surface area (Å²) in [6.07, 6.45) is 11.7. The maximum atomic E-state index is 13.7. The Morgan fingerprint density at radius 1 is 1.13 bits per heavy atom. The molecule has 2 amide bonds. The number of hydrogen-bond acceptors (Lipinski definition) is 9. The number of likely N-dealkylation sites (tertiary alicyclic amines) is 1. The molecule has 0 atom stereocenters. The van der Waals surface area contributed by atoms with Gasteiger partial charge >= 0.3 is 6.01 Å². The van der Waals surface area contributed by atoms with Crippen molar-refractivity contribution in [1.29, 1.82) is 0 Å². The molecule has 12 nitrogen and oxygen atoms in total. The highest BCUT2D eigenvalue weighted by Gasteiger charge is 2.38. The third-order valence-corrected chi connectivity index (χ3v) is 8.97. The van der Waals surface area contributed by atoms with Gasteiger partial charge in [0.15, 0.2) is 5.65 Å². The predicted octanol–water partition coefficient (Wildman–Crippen LogP) is 4.21. The number of likely N-dealkylation sites (N-methyl/N-ethyl adjacent to an activating group) is 1. The average molecular weight is 632 g/mol. The molecular formula is C34H49N9O3. The molecule has 2 fully saturated rings. The summed E-state index contributed by atoms with van der Waals surface area (Å²) in [4.78, 5) is 39.0. The molecule has 0 unspecified atom stereocenters. The number of nitrogens with one attached hydrogen (secondary N) is 3. The Kier molecular flexibility index (Phi) is 10.9. The molecule has 1 aliphatic carbocycles. The van der Waals surface area contributed by atoms with E-state index >= 15 is 0 Å². The number of ether oxygens (including phenoxy) is 1. The van der Waals surface area contributed by atoms with Crippen LogP contribution in [0, 0.1) is 0 Å². The molecule has 3 aromatic rings. The molecular weight excluding hydrogens is 582 g/mol. The first-order valence-corrected chi connectivity index (χ1v) is 16.5. The average Bonchev–Trinajstić information content (AvgIpc) is 3.48. The van der Waals surface area contributed by atoms with Crippen LogP contribution >= 0.6 is 0 Å². The molecule has 3 N–H and O–H groups in total. The molecule has 0 radical (unpaired) electrons. The minimum Gasteiger partial charge on any atom is -0.460 e. The highest BCUT2D eigenvalue weighted by molar-refractivity contribution is 5.98. The van der Waals surface area contributed by atoms with Crippen LogP contribution in [0.5, 0.6) is 6.01 Å². The molecule has 1 saturated carbocycles. The number of carbonyl (C=O) groups excluding carboxylic acids is 2. The van der Waals surface area contributed by atoms with Crippen molar-refractivity contribution in [2.75, 3.05) is 51.4 Å². The first-order valence-electron chi connectivity index (χ1n) is 16.5. The van der Waals surface area contributed by atoms with Crippen LogP contribution in [0.2, 0.25) is 0 Å². The van der Waals surface area contributed by atoms with Crippen LogP contribution in [-0.2, 0) is 16.1 Å². The molecule has 2 aliphatic rings. The van der Waals surface area contributed by atoms with Gasteiger partial charge in [-0.05, 0) is 56.3 Å². The maximum absolute atomic E-state index is 13.7. The van der Waals surface area contributed by atoms with E-state index in [1.54, 1.807) is 30.8 Å². The molecule has 0 bridgehead atoms. The molecule has 1 aliphatic heterocycles. The Hall–Kier alpha value is -4.03. The zero-order chi connectivity index (χ0) is 32.7. The van der Waals surface area contributed by atoms with Crippen LogP contribution in [0.4, 0.5) is 11.6 Å². The summed E-state index contributed by atoms with van der Waals surface area (Å²) in [7, 11) is 5.57. The number of rotatable bonds is 12. The van der Waals surface area contributed by atoms with Gasteiger partial charge in [0.05, 0.1) is 11.7 Å². The Labute approximate surface area is 272 Å². The second-order valence-corrected chi connectivity index (χ2v) is 13.1. The van der Waals surface area contributed by atoms with Gasteiger partial charge in [0.2, 0.25) is 17.8 Å². The van der Waals surface area contributed by atoms with Crippen molar-refractivity contribution in [1.82, 2.24) is 34.7 Å². The third-order valence-electron chi connectivity index (χ3n) is 8.97. The summed E-state index contributed by atoms with van der Waals surface area (Å²) in [5.74, 6) is 0.678. The van der Waals surface area contributed by atoms with Crippen LogP contribution < -0.4 is 20.7 Å². The topological polar surface area (TPSA) is 129 Å².